The first-order chi connectivity index (χ1) is 9.11. The second-order valence-corrected chi connectivity index (χ2v) is 4.99. The zero-order valence-corrected chi connectivity index (χ0v) is 11.6. The molecular formula is C14H14N2O2S. The van der Waals surface area contributed by atoms with Crippen LogP contribution in [0.15, 0.2) is 41.6 Å². The Morgan fingerprint density at radius 2 is 1.89 bits per heavy atom. The van der Waals surface area contributed by atoms with Gasteiger partial charge in [-0.05, 0) is 18.4 Å². The quantitative estimate of drug-likeness (QED) is 0.478. The summed E-state index contributed by atoms with van der Waals surface area (Å²) in [6, 6.07) is 7.26. The zero-order chi connectivity index (χ0) is 13.8. The van der Waals surface area contributed by atoms with E-state index >= 15 is 0 Å². The van der Waals surface area contributed by atoms with Crippen molar-refractivity contribution in [1.29, 1.82) is 0 Å². The Labute approximate surface area is 115 Å². The van der Waals surface area contributed by atoms with Crippen LogP contribution in [0.1, 0.15) is 27.4 Å². The molecule has 0 saturated heterocycles. The normalized spacial score (nSPS) is 10.4. The van der Waals surface area contributed by atoms with E-state index in [1.165, 1.54) is 0 Å². The molecule has 4 nitrogen and oxygen atoms in total. The van der Waals surface area contributed by atoms with Crippen LogP contribution in [0.25, 0.3) is 0 Å². The maximum absolute atomic E-state index is 12.0. The number of nitrogens with zero attached hydrogens (tertiary/aromatic N) is 2. The van der Waals surface area contributed by atoms with Gasteiger partial charge in [-0.3, -0.25) is 9.59 Å². The Morgan fingerprint density at radius 1 is 1.21 bits per heavy atom. The van der Waals surface area contributed by atoms with Crippen LogP contribution in [0.4, 0.5) is 0 Å². The van der Waals surface area contributed by atoms with Gasteiger partial charge in [0.1, 0.15) is 0 Å². The number of benzene rings is 1. The van der Waals surface area contributed by atoms with Gasteiger partial charge in [-0.1, -0.05) is 12.1 Å². The predicted octanol–water partition coefficient (Wildman–Crippen LogP) is 2.60. The molecular weight excluding hydrogens is 260 g/mol. The van der Waals surface area contributed by atoms with E-state index in [-0.39, 0.29) is 18.0 Å². The molecule has 2 aromatic rings. The molecule has 5 heteroatoms. The van der Waals surface area contributed by atoms with Crippen molar-refractivity contribution in [3.63, 3.8) is 0 Å². The van der Waals surface area contributed by atoms with E-state index in [1.54, 1.807) is 47.9 Å². The minimum Gasteiger partial charge on any atom is -0.332 e. The molecule has 0 unspecified atom stereocenters. The van der Waals surface area contributed by atoms with Crippen LogP contribution in [0.3, 0.4) is 0 Å². The second kappa shape index (κ2) is 5.84. The number of hydrogen-bond donors (Lipinski definition) is 0. The second-order valence-electron chi connectivity index (χ2n) is 4.11. The van der Waals surface area contributed by atoms with Crippen LogP contribution < -0.4 is 0 Å². The number of aryl methyl sites for hydroxylation is 1. The minimum absolute atomic E-state index is 0.149. The molecule has 0 aliphatic heterocycles. The van der Waals surface area contributed by atoms with Crippen LogP contribution in [0.5, 0.6) is 0 Å². The van der Waals surface area contributed by atoms with E-state index in [0.717, 1.165) is 4.90 Å². The molecule has 0 bridgehead atoms. The molecule has 0 atom stereocenters. The Morgan fingerprint density at radius 3 is 2.42 bits per heavy atom. The molecule has 1 heterocycles. The minimum atomic E-state index is -0.258. The summed E-state index contributed by atoms with van der Waals surface area (Å²) < 4.78 is 1.62. The third-order valence-corrected chi connectivity index (χ3v) is 3.55. The lowest BCUT2D eigenvalue weighted by molar-refractivity contribution is 0.0886. The standard InChI is InChI=1S/C14H14N2O2S/c1-16-8-7-15-14(16)13(18)9-12(17)10-3-5-11(19-2)6-4-10/h3-8H,9H2,1-2H3. The molecule has 0 amide bonds. The number of rotatable bonds is 5. The number of carbonyl (C=O) groups excluding carboxylic acids is 2. The number of hydrogen-bond acceptors (Lipinski definition) is 4. The van der Waals surface area contributed by atoms with E-state index in [2.05, 4.69) is 4.98 Å². The van der Waals surface area contributed by atoms with Crippen molar-refractivity contribution in [2.24, 2.45) is 7.05 Å². The van der Waals surface area contributed by atoms with Gasteiger partial charge < -0.3 is 4.57 Å². The smallest absolute Gasteiger partial charge is 0.205 e. The van der Waals surface area contributed by atoms with Crippen molar-refractivity contribution in [2.45, 2.75) is 11.3 Å². The van der Waals surface area contributed by atoms with Crippen molar-refractivity contribution in [1.82, 2.24) is 9.55 Å². The fourth-order valence-electron chi connectivity index (χ4n) is 1.74. The van der Waals surface area contributed by atoms with Crippen LogP contribution in [-0.2, 0) is 7.05 Å². The SMILES string of the molecule is CSc1ccc(C(=O)CC(=O)c2nccn2C)cc1. The van der Waals surface area contributed by atoms with Crippen molar-refractivity contribution in [3.05, 3.63) is 48.0 Å². The first-order valence-electron chi connectivity index (χ1n) is 5.79. The maximum atomic E-state index is 12.0. The van der Waals surface area contributed by atoms with Crippen molar-refractivity contribution < 1.29 is 9.59 Å². The lowest BCUT2D eigenvalue weighted by atomic mass is 10.1. The number of ketones is 2. The van der Waals surface area contributed by atoms with E-state index < -0.39 is 0 Å². The third-order valence-electron chi connectivity index (χ3n) is 2.80. The highest BCUT2D eigenvalue weighted by Crippen LogP contribution is 2.16. The van der Waals surface area contributed by atoms with Crippen LogP contribution >= 0.6 is 11.8 Å². The van der Waals surface area contributed by atoms with Gasteiger partial charge in [-0.15, -0.1) is 11.8 Å². The lowest BCUT2D eigenvalue weighted by Crippen LogP contribution is -2.12. The summed E-state index contributed by atoms with van der Waals surface area (Å²) in [5.74, 6) is -0.124. The lowest BCUT2D eigenvalue weighted by Gasteiger charge is -2.02. The van der Waals surface area contributed by atoms with Crippen molar-refractivity contribution in [3.8, 4) is 0 Å². The molecule has 0 saturated carbocycles. The van der Waals surface area contributed by atoms with Gasteiger partial charge in [-0.25, -0.2) is 4.98 Å². The molecule has 19 heavy (non-hydrogen) atoms. The predicted molar refractivity (Wildman–Crippen MR) is 74.7 cm³/mol. The van der Waals surface area contributed by atoms with Crippen LogP contribution in [0, 0.1) is 0 Å². The summed E-state index contributed by atoms with van der Waals surface area (Å²) in [4.78, 5) is 29.0. The largest absolute Gasteiger partial charge is 0.332 e. The number of aromatic nitrogens is 2. The molecule has 1 aromatic heterocycles. The average Bonchev–Trinajstić information content (AvgIpc) is 2.85. The Kier molecular flexibility index (Phi) is 4.16. The summed E-state index contributed by atoms with van der Waals surface area (Å²) in [6.45, 7) is 0. The number of Topliss-reactive ketones (excluding diaryl/α,β-unsaturated/α-hetero) is 2. The molecule has 0 radical (unpaired) electrons. The molecule has 0 aliphatic rings. The van der Waals surface area contributed by atoms with Gasteiger partial charge in [-0.2, -0.15) is 0 Å². The Balaban J connectivity index is 2.08. The molecule has 1 aromatic carbocycles. The molecule has 98 valence electrons. The van der Waals surface area contributed by atoms with Crippen molar-refractivity contribution in [2.75, 3.05) is 6.26 Å². The van der Waals surface area contributed by atoms with Gasteiger partial charge in [0, 0.05) is 29.9 Å². The van der Waals surface area contributed by atoms with E-state index in [4.69, 9.17) is 0 Å². The van der Waals surface area contributed by atoms with E-state index in [0.29, 0.717) is 11.4 Å². The maximum Gasteiger partial charge on any atom is 0.205 e. The monoisotopic (exact) mass is 274 g/mol. The summed E-state index contributed by atoms with van der Waals surface area (Å²) in [5.41, 5.74) is 0.556. The topological polar surface area (TPSA) is 52.0 Å². The molecule has 0 aliphatic carbocycles. The first-order valence-corrected chi connectivity index (χ1v) is 7.02. The highest BCUT2D eigenvalue weighted by atomic mass is 32.2. The summed E-state index contributed by atoms with van der Waals surface area (Å²) in [6.07, 6.45) is 5.06. The third kappa shape index (κ3) is 3.12. The summed E-state index contributed by atoms with van der Waals surface area (Å²) in [5, 5.41) is 0. The van der Waals surface area contributed by atoms with Crippen molar-refractivity contribution >= 4 is 23.3 Å². The highest BCUT2D eigenvalue weighted by molar-refractivity contribution is 7.98. The molecule has 0 spiro atoms. The van der Waals surface area contributed by atoms with Gasteiger partial charge in [0.15, 0.2) is 11.6 Å². The Bertz CT molecular complexity index is 602. The molecule has 2 rings (SSSR count). The molecule has 0 fully saturated rings. The van der Waals surface area contributed by atoms with Gasteiger partial charge >= 0.3 is 0 Å². The summed E-state index contributed by atoms with van der Waals surface area (Å²) in [7, 11) is 1.73. The van der Waals surface area contributed by atoms with Gasteiger partial charge in [0.25, 0.3) is 0 Å². The van der Waals surface area contributed by atoms with Gasteiger partial charge in [0.05, 0.1) is 6.42 Å². The zero-order valence-electron chi connectivity index (χ0n) is 10.8. The number of thioether (sulfide) groups is 1. The first kappa shape index (κ1) is 13.5. The van der Waals surface area contributed by atoms with Gasteiger partial charge in [0.2, 0.25) is 5.78 Å². The molecule has 0 N–H and O–H groups in total. The average molecular weight is 274 g/mol. The van der Waals surface area contributed by atoms with E-state index in [1.807, 2.05) is 18.4 Å². The fourth-order valence-corrected chi connectivity index (χ4v) is 2.15. The van der Waals surface area contributed by atoms with Crippen LogP contribution in [-0.4, -0.2) is 27.4 Å². The number of imidazole rings is 1. The number of carbonyl (C=O) groups is 2. The van der Waals surface area contributed by atoms with Crippen LogP contribution in [0.2, 0.25) is 0 Å². The summed E-state index contributed by atoms with van der Waals surface area (Å²) >= 11 is 1.61. The van der Waals surface area contributed by atoms with E-state index in [9.17, 15) is 9.59 Å². The Hall–Kier alpha value is -1.88. The fraction of sp³-hybridized carbons (Fsp3) is 0.214. The highest BCUT2D eigenvalue weighted by Gasteiger charge is 2.16.